The molecule has 1 atom stereocenters. The summed E-state index contributed by atoms with van der Waals surface area (Å²) in [6.07, 6.45) is 1.89. The summed E-state index contributed by atoms with van der Waals surface area (Å²) in [7, 11) is 0. The second-order valence-electron chi connectivity index (χ2n) is 5.01. The van der Waals surface area contributed by atoms with E-state index < -0.39 is 4.92 Å². The van der Waals surface area contributed by atoms with Gasteiger partial charge in [-0.2, -0.15) is 0 Å². The third-order valence-electron chi connectivity index (χ3n) is 3.67. The van der Waals surface area contributed by atoms with Crippen LogP contribution >= 0.6 is 0 Å². The SMILES string of the molecule is Nc1c(CN2CCC(CCO)C2)cccc1[N+](=O)[O-]. The van der Waals surface area contributed by atoms with E-state index in [4.69, 9.17) is 10.8 Å². The van der Waals surface area contributed by atoms with Crippen LogP contribution in [0.5, 0.6) is 0 Å². The van der Waals surface area contributed by atoms with Crippen molar-refractivity contribution in [2.75, 3.05) is 25.4 Å². The lowest BCUT2D eigenvalue weighted by Gasteiger charge is -2.17. The summed E-state index contributed by atoms with van der Waals surface area (Å²) in [4.78, 5) is 12.6. The highest BCUT2D eigenvalue weighted by Gasteiger charge is 2.23. The van der Waals surface area contributed by atoms with Gasteiger partial charge in [0, 0.05) is 25.8 Å². The highest BCUT2D eigenvalue weighted by molar-refractivity contribution is 5.62. The van der Waals surface area contributed by atoms with Crippen LogP contribution in [0.1, 0.15) is 18.4 Å². The zero-order valence-corrected chi connectivity index (χ0v) is 10.8. The normalized spacial score (nSPS) is 19.7. The number of benzene rings is 1. The number of aliphatic hydroxyl groups excluding tert-OH is 1. The molecule has 0 saturated carbocycles. The van der Waals surface area contributed by atoms with Crippen LogP contribution in [0.3, 0.4) is 0 Å². The quantitative estimate of drug-likeness (QED) is 0.476. The van der Waals surface area contributed by atoms with Crippen LogP contribution in [0.4, 0.5) is 11.4 Å². The van der Waals surface area contributed by atoms with Gasteiger partial charge < -0.3 is 10.8 Å². The molecule has 0 bridgehead atoms. The van der Waals surface area contributed by atoms with Crippen LogP contribution in [-0.4, -0.2) is 34.6 Å². The Labute approximate surface area is 112 Å². The van der Waals surface area contributed by atoms with Gasteiger partial charge in [-0.15, -0.1) is 0 Å². The van der Waals surface area contributed by atoms with E-state index >= 15 is 0 Å². The number of likely N-dealkylation sites (tertiary alicyclic amines) is 1. The van der Waals surface area contributed by atoms with Gasteiger partial charge in [0.2, 0.25) is 0 Å². The lowest BCUT2D eigenvalue weighted by Crippen LogP contribution is -2.21. The maximum atomic E-state index is 10.8. The van der Waals surface area contributed by atoms with Crippen molar-refractivity contribution in [2.24, 2.45) is 5.92 Å². The Morgan fingerprint density at radius 1 is 1.53 bits per heavy atom. The largest absolute Gasteiger partial charge is 0.396 e. The summed E-state index contributed by atoms with van der Waals surface area (Å²) in [6.45, 7) is 2.72. The molecular weight excluding hydrogens is 246 g/mol. The minimum Gasteiger partial charge on any atom is -0.396 e. The number of nitro benzene ring substituents is 1. The summed E-state index contributed by atoms with van der Waals surface area (Å²) < 4.78 is 0. The monoisotopic (exact) mass is 265 g/mol. The Morgan fingerprint density at radius 2 is 2.32 bits per heavy atom. The van der Waals surface area contributed by atoms with E-state index in [-0.39, 0.29) is 18.0 Å². The Hall–Kier alpha value is -1.66. The van der Waals surface area contributed by atoms with E-state index in [9.17, 15) is 10.1 Å². The van der Waals surface area contributed by atoms with Crippen molar-refractivity contribution in [3.05, 3.63) is 33.9 Å². The minimum atomic E-state index is -0.447. The first-order chi connectivity index (χ1) is 9.11. The van der Waals surface area contributed by atoms with E-state index in [2.05, 4.69) is 4.90 Å². The maximum absolute atomic E-state index is 10.8. The molecule has 104 valence electrons. The second-order valence-corrected chi connectivity index (χ2v) is 5.01. The molecule has 1 aromatic carbocycles. The number of nitrogen functional groups attached to an aromatic ring is 1. The average molecular weight is 265 g/mol. The maximum Gasteiger partial charge on any atom is 0.292 e. The van der Waals surface area contributed by atoms with Crippen LogP contribution in [0.2, 0.25) is 0 Å². The second kappa shape index (κ2) is 5.99. The molecule has 1 saturated heterocycles. The van der Waals surface area contributed by atoms with Gasteiger partial charge in [-0.05, 0) is 30.9 Å². The molecule has 1 fully saturated rings. The molecule has 19 heavy (non-hydrogen) atoms. The van der Waals surface area contributed by atoms with E-state index in [1.54, 1.807) is 6.07 Å². The highest BCUT2D eigenvalue weighted by Crippen LogP contribution is 2.28. The molecule has 0 radical (unpaired) electrons. The molecule has 1 aliphatic heterocycles. The summed E-state index contributed by atoms with van der Waals surface area (Å²) in [5.74, 6) is 0.518. The summed E-state index contributed by atoms with van der Waals surface area (Å²) in [5.41, 5.74) is 6.89. The Morgan fingerprint density at radius 3 is 3.00 bits per heavy atom. The van der Waals surface area contributed by atoms with Gasteiger partial charge in [-0.1, -0.05) is 12.1 Å². The smallest absolute Gasteiger partial charge is 0.292 e. The van der Waals surface area contributed by atoms with Crippen molar-refractivity contribution in [1.29, 1.82) is 0 Å². The molecule has 0 amide bonds. The van der Waals surface area contributed by atoms with Gasteiger partial charge in [0.15, 0.2) is 0 Å². The van der Waals surface area contributed by atoms with Crippen LogP contribution in [-0.2, 0) is 6.54 Å². The van der Waals surface area contributed by atoms with E-state index in [0.717, 1.165) is 31.5 Å². The summed E-state index contributed by atoms with van der Waals surface area (Å²) >= 11 is 0. The van der Waals surface area contributed by atoms with Gasteiger partial charge in [0.1, 0.15) is 5.69 Å². The topological polar surface area (TPSA) is 92.6 Å². The van der Waals surface area contributed by atoms with Gasteiger partial charge in [-0.3, -0.25) is 15.0 Å². The van der Waals surface area contributed by atoms with E-state index in [1.165, 1.54) is 6.07 Å². The fourth-order valence-electron chi connectivity index (χ4n) is 2.61. The number of nitrogens with two attached hydrogens (primary N) is 1. The first kappa shape index (κ1) is 13.8. The molecular formula is C13H19N3O3. The molecule has 1 unspecified atom stereocenters. The van der Waals surface area contributed by atoms with Crippen molar-refractivity contribution in [2.45, 2.75) is 19.4 Å². The van der Waals surface area contributed by atoms with Crippen LogP contribution in [0.15, 0.2) is 18.2 Å². The molecule has 6 nitrogen and oxygen atoms in total. The van der Waals surface area contributed by atoms with Crippen LogP contribution in [0.25, 0.3) is 0 Å². The van der Waals surface area contributed by atoms with Crippen molar-refractivity contribution < 1.29 is 10.0 Å². The molecule has 6 heteroatoms. The first-order valence-corrected chi connectivity index (χ1v) is 6.46. The number of anilines is 1. The molecule has 1 aromatic rings. The zero-order valence-electron chi connectivity index (χ0n) is 10.8. The highest BCUT2D eigenvalue weighted by atomic mass is 16.6. The molecule has 1 heterocycles. The number of hydrogen-bond acceptors (Lipinski definition) is 5. The fraction of sp³-hybridized carbons (Fsp3) is 0.538. The number of nitrogens with zero attached hydrogens (tertiary/aromatic N) is 2. The number of hydrogen-bond donors (Lipinski definition) is 2. The van der Waals surface area contributed by atoms with Crippen molar-refractivity contribution in [3.63, 3.8) is 0 Å². The predicted molar refractivity (Wildman–Crippen MR) is 72.6 cm³/mol. The number of para-hydroxylation sites is 1. The molecule has 0 aliphatic carbocycles. The molecule has 3 N–H and O–H groups in total. The Balaban J connectivity index is 2.04. The van der Waals surface area contributed by atoms with Gasteiger partial charge in [-0.25, -0.2) is 0 Å². The standard InChI is InChI=1S/C13H19N3O3/c14-13-11(2-1-3-12(13)16(18)19)9-15-6-4-10(8-15)5-7-17/h1-3,10,17H,4-9,14H2. The lowest BCUT2D eigenvalue weighted by atomic mass is 10.1. The predicted octanol–water partition coefficient (Wildman–Crippen LogP) is 1.38. The van der Waals surface area contributed by atoms with Crippen LogP contribution in [0, 0.1) is 16.0 Å². The number of aliphatic hydroxyl groups is 1. The van der Waals surface area contributed by atoms with E-state index in [1.807, 2.05) is 6.07 Å². The lowest BCUT2D eigenvalue weighted by molar-refractivity contribution is -0.384. The number of nitro groups is 1. The van der Waals surface area contributed by atoms with Gasteiger partial charge >= 0.3 is 0 Å². The van der Waals surface area contributed by atoms with Gasteiger partial charge in [0.25, 0.3) is 5.69 Å². The van der Waals surface area contributed by atoms with Crippen LogP contribution < -0.4 is 5.73 Å². The minimum absolute atomic E-state index is 0.0244. The third-order valence-corrected chi connectivity index (χ3v) is 3.67. The molecule has 0 spiro atoms. The number of rotatable bonds is 5. The van der Waals surface area contributed by atoms with Crippen molar-refractivity contribution in [1.82, 2.24) is 4.90 Å². The molecule has 2 rings (SSSR count). The average Bonchev–Trinajstić information content (AvgIpc) is 2.79. The summed E-state index contributed by atoms with van der Waals surface area (Å²) in [5, 5.41) is 19.8. The first-order valence-electron chi connectivity index (χ1n) is 6.46. The summed E-state index contributed by atoms with van der Waals surface area (Å²) in [6, 6.07) is 4.93. The third kappa shape index (κ3) is 3.21. The fourth-order valence-corrected chi connectivity index (χ4v) is 2.61. The van der Waals surface area contributed by atoms with Crippen molar-refractivity contribution in [3.8, 4) is 0 Å². The molecule has 0 aromatic heterocycles. The Kier molecular flexibility index (Phi) is 4.34. The Bertz CT molecular complexity index is 464. The zero-order chi connectivity index (χ0) is 13.8. The van der Waals surface area contributed by atoms with Gasteiger partial charge in [0.05, 0.1) is 4.92 Å². The van der Waals surface area contributed by atoms with Crippen molar-refractivity contribution >= 4 is 11.4 Å². The molecule has 1 aliphatic rings. The van der Waals surface area contributed by atoms with E-state index in [0.29, 0.717) is 12.5 Å².